The van der Waals surface area contributed by atoms with E-state index in [9.17, 15) is 22.9 Å². The largest absolute Gasteiger partial charge is 0.481 e. The molecule has 1 unspecified atom stereocenters. The number of hydrogen-bond acceptors (Lipinski definition) is 7. The predicted octanol–water partition coefficient (Wildman–Crippen LogP) is 4.76. The fraction of sp³-hybridized carbons (Fsp3) is 0.130. The highest BCUT2D eigenvalue weighted by Gasteiger charge is 2.35. The normalized spacial score (nSPS) is 12.4. The first-order chi connectivity index (χ1) is 17.0. The van der Waals surface area contributed by atoms with Gasteiger partial charge >= 0.3 is 5.97 Å². The van der Waals surface area contributed by atoms with Crippen molar-refractivity contribution in [2.75, 3.05) is 10.5 Å². The SMILES string of the molecule is CC(C)(C(=O)O)c1nc(-c2cccc(NS(=O)c3c(F)cccc3F)c2F)c(-c2ccnc(N)n2)s1. The van der Waals surface area contributed by atoms with Crippen molar-refractivity contribution < 1.29 is 27.3 Å². The van der Waals surface area contributed by atoms with Gasteiger partial charge in [-0.25, -0.2) is 32.3 Å². The van der Waals surface area contributed by atoms with Crippen molar-refractivity contribution in [3.63, 3.8) is 0 Å². The molecule has 0 radical (unpaired) electrons. The Morgan fingerprint density at radius 3 is 2.39 bits per heavy atom. The number of nitrogen functional groups attached to an aromatic ring is 1. The molecule has 0 amide bonds. The molecule has 4 rings (SSSR count). The summed E-state index contributed by atoms with van der Waals surface area (Å²) in [5, 5.41) is 9.85. The molecule has 36 heavy (non-hydrogen) atoms. The summed E-state index contributed by atoms with van der Waals surface area (Å²) in [5.41, 5.74) is 4.25. The molecule has 13 heteroatoms. The zero-order chi connectivity index (χ0) is 26.2. The molecule has 0 spiro atoms. The lowest BCUT2D eigenvalue weighted by Gasteiger charge is -2.15. The predicted molar refractivity (Wildman–Crippen MR) is 130 cm³/mol. The number of hydrogen-bond donors (Lipinski definition) is 3. The van der Waals surface area contributed by atoms with Crippen LogP contribution in [-0.2, 0) is 21.2 Å². The zero-order valence-electron chi connectivity index (χ0n) is 18.8. The quantitative estimate of drug-likeness (QED) is 0.312. The van der Waals surface area contributed by atoms with Crippen molar-refractivity contribution in [1.29, 1.82) is 0 Å². The van der Waals surface area contributed by atoms with E-state index in [1.807, 2.05) is 0 Å². The molecule has 0 saturated carbocycles. The first kappa shape index (κ1) is 25.3. The van der Waals surface area contributed by atoms with Crippen molar-refractivity contribution in [3.8, 4) is 21.8 Å². The van der Waals surface area contributed by atoms with Crippen LogP contribution in [0.5, 0.6) is 0 Å². The van der Waals surface area contributed by atoms with Gasteiger partial charge in [0.25, 0.3) is 0 Å². The van der Waals surface area contributed by atoms with Crippen LogP contribution in [-0.4, -0.2) is 30.2 Å². The van der Waals surface area contributed by atoms with Crippen LogP contribution in [0.2, 0.25) is 0 Å². The molecule has 4 aromatic rings. The number of aromatic nitrogens is 3. The summed E-state index contributed by atoms with van der Waals surface area (Å²) in [4.78, 5) is 23.8. The molecule has 0 aliphatic heterocycles. The van der Waals surface area contributed by atoms with Crippen LogP contribution in [0.3, 0.4) is 0 Å². The van der Waals surface area contributed by atoms with Crippen molar-refractivity contribution in [2.45, 2.75) is 24.2 Å². The molecule has 0 fully saturated rings. The highest BCUT2D eigenvalue weighted by molar-refractivity contribution is 7.86. The number of halogens is 3. The van der Waals surface area contributed by atoms with Crippen molar-refractivity contribution >= 4 is 39.9 Å². The second kappa shape index (κ2) is 9.66. The molecule has 4 N–H and O–H groups in total. The van der Waals surface area contributed by atoms with Gasteiger partial charge < -0.3 is 10.8 Å². The Labute approximate surface area is 209 Å². The van der Waals surface area contributed by atoms with E-state index in [-0.39, 0.29) is 33.6 Å². The average molecular weight is 534 g/mol. The van der Waals surface area contributed by atoms with Gasteiger partial charge in [-0.3, -0.25) is 9.52 Å². The zero-order valence-corrected chi connectivity index (χ0v) is 20.4. The molecule has 2 heterocycles. The first-order valence-electron chi connectivity index (χ1n) is 10.3. The molecule has 186 valence electrons. The summed E-state index contributed by atoms with van der Waals surface area (Å²) < 4.78 is 58.7. The van der Waals surface area contributed by atoms with Gasteiger partial charge in [-0.15, -0.1) is 11.3 Å². The minimum absolute atomic E-state index is 0.0518. The van der Waals surface area contributed by atoms with Gasteiger partial charge in [0.05, 0.1) is 22.0 Å². The van der Waals surface area contributed by atoms with E-state index in [1.165, 1.54) is 44.3 Å². The summed E-state index contributed by atoms with van der Waals surface area (Å²) >= 11 is 0.997. The maximum absolute atomic E-state index is 15.7. The monoisotopic (exact) mass is 533 g/mol. The Hall–Kier alpha value is -3.84. The number of benzene rings is 2. The molecule has 0 aliphatic rings. The molecule has 2 aromatic carbocycles. The lowest BCUT2D eigenvalue weighted by atomic mass is 9.95. The topological polar surface area (TPSA) is 131 Å². The molecule has 8 nitrogen and oxygen atoms in total. The smallest absolute Gasteiger partial charge is 0.316 e. The molecule has 0 saturated heterocycles. The van der Waals surface area contributed by atoms with Crippen LogP contribution in [0.25, 0.3) is 21.8 Å². The van der Waals surface area contributed by atoms with Crippen molar-refractivity contribution in [1.82, 2.24) is 15.0 Å². The van der Waals surface area contributed by atoms with E-state index in [4.69, 9.17) is 5.73 Å². The first-order valence-corrected chi connectivity index (χ1v) is 12.2. The highest BCUT2D eigenvalue weighted by Crippen LogP contribution is 2.42. The molecular formula is C23H18F3N5O3S2. The lowest BCUT2D eigenvalue weighted by molar-refractivity contribution is -0.142. The summed E-state index contributed by atoms with van der Waals surface area (Å²) in [5.74, 6) is -4.23. The van der Waals surface area contributed by atoms with Crippen LogP contribution in [0, 0.1) is 17.5 Å². The van der Waals surface area contributed by atoms with E-state index < -0.39 is 44.7 Å². The molecule has 0 bridgehead atoms. The standard InChI is InChI=1S/C23H18F3N5O3S2/c1-23(2,21(32)33)20-30-17(18(35-20)15-9-10-28-22(27)29-15)11-5-3-8-14(16(11)26)31-36(34)19-12(24)6-4-7-13(19)25/h3-10,31H,1-2H3,(H,32,33)(H2,27,28,29). The number of nitrogens with zero attached hydrogens (tertiary/aromatic N) is 3. The van der Waals surface area contributed by atoms with Gasteiger partial charge in [-0.1, -0.05) is 12.1 Å². The molecular weight excluding hydrogens is 515 g/mol. The van der Waals surface area contributed by atoms with E-state index in [1.54, 1.807) is 0 Å². The third-order valence-corrected chi connectivity index (χ3v) is 7.73. The van der Waals surface area contributed by atoms with Crippen LogP contribution in [0.4, 0.5) is 24.8 Å². The van der Waals surface area contributed by atoms with Crippen molar-refractivity contribution in [3.05, 3.63) is 71.1 Å². The van der Waals surface area contributed by atoms with E-state index in [0.29, 0.717) is 4.88 Å². The van der Waals surface area contributed by atoms with Crippen LogP contribution >= 0.6 is 11.3 Å². The Morgan fingerprint density at radius 2 is 1.75 bits per heavy atom. The molecule has 0 aliphatic carbocycles. The lowest BCUT2D eigenvalue weighted by Crippen LogP contribution is -2.28. The van der Waals surface area contributed by atoms with E-state index in [2.05, 4.69) is 19.7 Å². The summed E-state index contributed by atoms with van der Waals surface area (Å²) in [7, 11) is -2.46. The number of nitrogens with two attached hydrogens (primary N) is 1. The minimum atomic E-state index is -2.46. The third-order valence-electron chi connectivity index (χ3n) is 5.16. The van der Waals surface area contributed by atoms with Crippen molar-refractivity contribution in [2.24, 2.45) is 0 Å². The average Bonchev–Trinajstić information content (AvgIpc) is 3.26. The Bertz CT molecular complexity index is 1490. The van der Waals surface area contributed by atoms with Gasteiger partial charge in [0.15, 0.2) is 16.8 Å². The number of carbonyl (C=O) groups is 1. The van der Waals surface area contributed by atoms with Crippen LogP contribution < -0.4 is 10.5 Å². The number of rotatable bonds is 7. The second-order valence-electron chi connectivity index (χ2n) is 8.02. The van der Waals surface area contributed by atoms with Gasteiger partial charge in [0, 0.05) is 11.8 Å². The van der Waals surface area contributed by atoms with Gasteiger partial charge in [-0.05, 0) is 44.2 Å². The van der Waals surface area contributed by atoms with Gasteiger partial charge in [0.2, 0.25) is 5.95 Å². The van der Waals surface area contributed by atoms with E-state index in [0.717, 1.165) is 29.5 Å². The highest BCUT2D eigenvalue weighted by atomic mass is 32.2. The maximum atomic E-state index is 15.7. The summed E-state index contributed by atoms with van der Waals surface area (Å²) in [6.45, 7) is 2.91. The minimum Gasteiger partial charge on any atom is -0.481 e. The van der Waals surface area contributed by atoms with E-state index >= 15 is 4.39 Å². The van der Waals surface area contributed by atoms with Gasteiger partial charge in [-0.2, -0.15) is 0 Å². The molecule has 1 atom stereocenters. The summed E-state index contributed by atoms with van der Waals surface area (Å²) in [6, 6.07) is 8.56. The van der Waals surface area contributed by atoms with Gasteiger partial charge in [0.1, 0.15) is 27.0 Å². The van der Waals surface area contributed by atoms with Crippen LogP contribution in [0.15, 0.2) is 53.6 Å². The van der Waals surface area contributed by atoms with Crippen LogP contribution in [0.1, 0.15) is 18.9 Å². The number of aliphatic carboxylic acids is 1. The maximum Gasteiger partial charge on any atom is 0.316 e. The Balaban J connectivity index is 1.84. The third kappa shape index (κ3) is 4.66. The Morgan fingerprint density at radius 1 is 1.08 bits per heavy atom. The number of anilines is 2. The fourth-order valence-corrected chi connectivity index (χ4v) is 5.23. The second-order valence-corrected chi connectivity index (χ2v) is 10.2. The Kier molecular flexibility index (Phi) is 6.78. The molecule has 2 aromatic heterocycles. The number of carboxylic acids is 1. The fourth-order valence-electron chi connectivity index (χ4n) is 3.14. The number of thiazole rings is 1. The number of carboxylic acid groups (broad SMARTS) is 1. The summed E-state index contributed by atoms with van der Waals surface area (Å²) in [6.07, 6.45) is 1.39. The number of nitrogens with one attached hydrogen (secondary N) is 1.